The number of aliphatic hydroxyl groups excluding tert-OH is 1. The second kappa shape index (κ2) is 7.33. The Labute approximate surface area is 172 Å². The van der Waals surface area contributed by atoms with Gasteiger partial charge in [0.05, 0.1) is 30.1 Å². The third-order valence-electron chi connectivity index (χ3n) is 6.37. The van der Waals surface area contributed by atoms with Crippen LogP contribution < -0.4 is 16.6 Å². The fourth-order valence-electron chi connectivity index (χ4n) is 4.70. The zero-order valence-electron chi connectivity index (χ0n) is 17.4. The number of imidazole rings is 1. The first-order chi connectivity index (χ1) is 14.1. The third kappa shape index (κ3) is 3.26. The summed E-state index contributed by atoms with van der Waals surface area (Å²) in [6, 6.07) is -1.04. The number of hydrogen-bond acceptors (Lipinski definition) is 7. The number of nitrogens with one attached hydrogen (secondary N) is 1. The predicted molar refractivity (Wildman–Crippen MR) is 108 cm³/mol. The fraction of sp³-hybridized carbons (Fsp3) is 0.684. The monoisotopic (exact) mass is 420 g/mol. The van der Waals surface area contributed by atoms with Crippen molar-refractivity contribution in [2.24, 2.45) is 14.1 Å². The lowest BCUT2D eigenvalue weighted by molar-refractivity contribution is -0.134. The van der Waals surface area contributed by atoms with E-state index in [9.17, 15) is 24.6 Å². The van der Waals surface area contributed by atoms with E-state index in [0.29, 0.717) is 0 Å². The summed E-state index contributed by atoms with van der Waals surface area (Å²) in [6.07, 6.45) is 2.18. The standard InChI is InChI=1S/C19H28N6O5/c1-19(30)7-11(26)8-24(16(27)12-5-4-6-20-12)9-13(19)25-10-21-15-14(25)17(28)23(3)18(29)22(15)2/h10-13,20,26,30H,4-9H2,1-3H3/t11-,12+,13+,19+/m0/s1. The summed E-state index contributed by atoms with van der Waals surface area (Å²) >= 11 is 0. The summed E-state index contributed by atoms with van der Waals surface area (Å²) in [5.41, 5.74) is -2.05. The molecule has 164 valence electrons. The van der Waals surface area contributed by atoms with E-state index < -0.39 is 29.0 Å². The Morgan fingerprint density at radius 1 is 1.27 bits per heavy atom. The van der Waals surface area contributed by atoms with E-state index in [1.807, 2.05) is 0 Å². The van der Waals surface area contributed by atoms with Gasteiger partial charge in [-0.3, -0.25) is 18.7 Å². The van der Waals surface area contributed by atoms with E-state index >= 15 is 0 Å². The van der Waals surface area contributed by atoms with E-state index in [1.165, 1.54) is 29.6 Å². The molecule has 0 saturated carbocycles. The Morgan fingerprint density at radius 3 is 2.67 bits per heavy atom. The molecule has 0 aliphatic carbocycles. The van der Waals surface area contributed by atoms with Gasteiger partial charge in [-0.2, -0.15) is 0 Å². The van der Waals surface area contributed by atoms with E-state index in [0.717, 1.165) is 24.0 Å². The lowest BCUT2D eigenvalue weighted by atomic mass is 9.91. The van der Waals surface area contributed by atoms with Crippen molar-refractivity contribution in [3.63, 3.8) is 0 Å². The molecule has 11 heteroatoms. The van der Waals surface area contributed by atoms with Crippen molar-refractivity contribution >= 4 is 17.1 Å². The van der Waals surface area contributed by atoms with Crippen LogP contribution in [0.1, 0.15) is 32.2 Å². The Kier molecular flexibility index (Phi) is 5.07. The van der Waals surface area contributed by atoms with Gasteiger partial charge in [0.15, 0.2) is 11.2 Å². The molecule has 2 aromatic heterocycles. The zero-order valence-corrected chi connectivity index (χ0v) is 17.4. The topological polar surface area (TPSA) is 135 Å². The highest BCUT2D eigenvalue weighted by Crippen LogP contribution is 2.33. The molecular weight excluding hydrogens is 392 g/mol. The van der Waals surface area contributed by atoms with Gasteiger partial charge in [-0.25, -0.2) is 9.78 Å². The molecule has 0 bridgehead atoms. The van der Waals surface area contributed by atoms with Crippen LogP contribution >= 0.6 is 0 Å². The van der Waals surface area contributed by atoms with E-state index in [2.05, 4.69) is 10.3 Å². The molecule has 4 rings (SSSR count). The van der Waals surface area contributed by atoms with Gasteiger partial charge in [0, 0.05) is 33.6 Å². The number of carbonyl (C=O) groups excluding carboxylic acids is 1. The number of β-amino-alcohol motifs (C(OH)–C–C–N with tert-alkyl or cyclic N) is 1. The molecule has 2 fully saturated rings. The molecule has 0 radical (unpaired) electrons. The summed E-state index contributed by atoms with van der Waals surface area (Å²) in [5.74, 6) is -0.126. The van der Waals surface area contributed by atoms with Gasteiger partial charge in [-0.15, -0.1) is 0 Å². The molecule has 30 heavy (non-hydrogen) atoms. The SMILES string of the molecule is Cn1c(=O)c2c(ncn2[C@@H]2CN(C(=O)[C@H]3CCCN3)C[C@@H](O)C[C@@]2(C)O)n(C)c1=O. The number of carbonyl (C=O) groups is 1. The van der Waals surface area contributed by atoms with Crippen LogP contribution in [0.15, 0.2) is 15.9 Å². The van der Waals surface area contributed by atoms with Crippen LogP contribution in [0, 0.1) is 0 Å². The van der Waals surface area contributed by atoms with Gasteiger partial charge in [0.25, 0.3) is 5.56 Å². The first-order valence-corrected chi connectivity index (χ1v) is 10.2. The molecule has 2 aliphatic rings. The third-order valence-corrected chi connectivity index (χ3v) is 6.37. The molecule has 0 unspecified atom stereocenters. The van der Waals surface area contributed by atoms with Crippen molar-refractivity contribution in [1.29, 1.82) is 0 Å². The van der Waals surface area contributed by atoms with Gasteiger partial charge in [0.2, 0.25) is 5.91 Å². The number of aryl methyl sites for hydroxylation is 1. The van der Waals surface area contributed by atoms with Crippen LogP contribution in [-0.2, 0) is 18.9 Å². The van der Waals surface area contributed by atoms with Crippen molar-refractivity contribution in [2.45, 2.75) is 50.0 Å². The maximum absolute atomic E-state index is 13.0. The molecular formula is C19H28N6O5. The number of hydrogen-bond donors (Lipinski definition) is 3. The van der Waals surface area contributed by atoms with Crippen molar-refractivity contribution in [2.75, 3.05) is 19.6 Å². The number of likely N-dealkylation sites (tertiary alicyclic amines) is 1. The van der Waals surface area contributed by atoms with Gasteiger partial charge in [-0.05, 0) is 26.3 Å². The summed E-state index contributed by atoms with van der Waals surface area (Å²) < 4.78 is 3.81. The number of aliphatic hydroxyl groups is 2. The first-order valence-electron chi connectivity index (χ1n) is 10.2. The maximum atomic E-state index is 13.0. The van der Waals surface area contributed by atoms with Gasteiger partial charge in [0.1, 0.15) is 0 Å². The molecule has 0 aromatic carbocycles. The zero-order chi connectivity index (χ0) is 21.8. The van der Waals surface area contributed by atoms with Gasteiger partial charge in [-0.1, -0.05) is 0 Å². The van der Waals surface area contributed by atoms with Crippen LogP contribution in [0.2, 0.25) is 0 Å². The smallest absolute Gasteiger partial charge is 0.332 e. The molecule has 4 atom stereocenters. The van der Waals surface area contributed by atoms with Crippen LogP contribution in [0.4, 0.5) is 0 Å². The molecule has 2 aromatic rings. The Hall–Kier alpha value is -2.50. The molecule has 1 amide bonds. The summed E-state index contributed by atoms with van der Waals surface area (Å²) in [7, 11) is 2.91. The molecule has 2 saturated heterocycles. The average molecular weight is 420 g/mol. The Morgan fingerprint density at radius 2 is 2.00 bits per heavy atom. The largest absolute Gasteiger partial charge is 0.391 e. The van der Waals surface area contributed by atoms with Crippen LogP contribution in [-0.4, -0.2) is 77.1 Å². The second-order valence-electron chi connectivity index (χ2n) is 8.65. The first kappa shape index (κ1) is 20.8. The minimum Gasteiger partial charge on any atom is -0.391 e. The molecule has 3 N–H and O–H groups in total. The summed E-state index contributed by atoms with van der Waals surface area (Å²) in [6.45, 7) is 2.57. The van der Waals surface area contributed by atoms with Gasteiger partial charge >= 0.3 is 5.69 Å². The number of aromatic nitrogens is 4. The highest BCUT2D eigenvalue weighted by Gasteiger charge is 2.43. The molecule has 0 spiro atoms. The predicted octanol–water partition coefficient (Wildman–Crippen LogP) is -1.93. The van der Waals surface area contributed by atoms with Crippen LogP contribution in [0.25, 0.3) is 11.2 Å². The quantitative estimate of drug-likeness (QED) is 0.515. The normalized spacial score (nSPS) is 30.0. The highest BCUT2D eigenvalue weighted by molar-refractivity contribution is 5.82. The highest BCUT2D eigenvalue weighted by atomic mass is 16.3. The van der Waals surface area contributed by atoms with Crippen molar-refractivity contribution in [3.05, 3.63) is 27.2 Å². The Bertz CT molecular complexity index is 1090. The average Bonchev–Trinajstić information content (AvgIpc) is 3.34. The number of rotatable bonds is 2. The minimum absolute atomic E-state index is 0.0330. The second-order valence-corrected chi connectivity index (χ2v) is 8.65. The summed E-state index contributed by atoms with van der Waals surface area (Å²) in [5, 5.41) is 24.9. The maximum Gasteiger partial charge on any atom is 0.332 e. The van der Waals surface area contributed by atoms with Gasteiger partial charge < -0.3 is 25.0 Å². The lowest BCUT2D eigenvalue weighted by Gasteiger charge is -2.34. The molecule has 11 nitrogen and oxygen atoms in total. The van der Waals surface area contributed by atoms with Crippen LogP contribution in [0.5, 0.6) is 0 Å². The van der Waals surface area contributed by atoms with E-state index in [-0.39, 0.29) is 42.6 Å². The summed E-state index contributed by atoms with van der Waals surface area (Å²) in [4.78, 5) is 44.0. The number of nitrogens with zero attached hydrogens (tertiary/aromatic N) is 5. The van der Waals surface area contributed by atoms with Crippen molar-refractivity contribution in [1.82, 2.24) is 28.9 Å². The Balaban J connectivity index is 1.82. The minimum atomic E-state index is -1.41. The van der Waals surface area contributed by atoms with E-state index in [4.69, 9.17) is 0 Å². The fourth-order valence-corrected chi connectivity index (χ4v) is 4.70. The molecule has 2 aliphatic heterocycles. The van der Waals surface area contributed by atoms with Crippen LogP contribution in [0.3, 0.4) is 0 Å². The van der Waals surface area contributed by atoms with Crippen molar-refractivity contribution < 1.29 is 15.0 Å². The van der Waals surface area contributed by atoms with Crippen molar-refractivity contribution in [3.8, 4) is 0 Å². The number of fused-ring (bicyclic) bond motifs is 1. The van der Waals surface area contributed by atoms with E-state index in [1.54, 1.807) is 11.8 Å². The molecule has 4 heterocycles. The number of amides is 1. The lowest BCUT2D eigenvalue weighted by Crippen LogP contribution is -2.48.